The van der Waals surface area contributed by atoms with Gasteiger partial charge in [0, 0.05) is 6.04 Å². The van der Waals surface area contributed by atoms with E-state index < -0.39 is 18.1 Å². The number of rotatable bonds is 4. The quantitative estimate of drug-likeness (QED) is 0.430. The van der Waals surface area contributed by atoms with Crippen LogP contribution in [0.2, 0.25) is 0 Å². The maximum atomic E-state index is 10.3. The Morgan fingerprint density at radius 3 is 2.60 bits per heavy atom. The first kappa shape index (κ1) is 9.13. The summed E-state index contributed by atoms with van der Waals surface area (Å²) in [6.45, 7) is 3.40. The second kappa shape index (κ2) is 4.03. The average Bonchev–Trinajstić information content (AvgIpc) is 1.87. The third-order valence-corrected chi connectivity index (χ3v) is 1.14. The number of carbonyl (C=O) groups excluding carboxylic acids is 1. The molecule has 0 aromatic carbocycles. The SMILES string of the molecule is C=CCC(N)C(O)C(N)=O. The lowest BCUT2D eigenvalue weighted by atomic mass is 10.1. The molecule has 2 atom stereocenters. The van der Waals surface area contributed by atoms with Crippen molar-refractivity contribution in [2.75, 3.05) is 0 Å². The highest BCUT2D eigenvalue weighted by atomic mass is 16.3. The molecule has 0 saturated carbocycles. The molecule has 0 fully saturated rings. The largest absolute Gasteiger partial charge is 0.382 e. The zero-order valence-electron chi connectivity index (χ0n) is 5.66. The number of primary amides is 1. The highest BCUT2D eigenvalue weighted by Gasteiger charge is 2.18. The number of hydrogen-bond donors (Lipinski definition) is 3. The van der Waals surface area contributed by atoms with Crippen LogP contribution in [0.3, 0.4) is 0 Å². The highest BCUT2D eigenvalue weighted by Crippen LogP contribution is 1.94. The Hall–Kier alpha value is -0.870. The van der Waals surface area contributed by atoms with Crippen LogP contribution in [0.4, 0.5) is 0 Å². The molecule has 0 bridgehead atoms. The molecule has 0 aliphatic carbocycles. The van der Waals surface area contributed by atoms with Crippen LogP contribution >= 0.6 is 0 Å². The van der Waals surface area contributed by atoms with Crippen molar-refractivity contribution in [2.45, 2.75) is 18.6 Å². The summed E-state index contributed by atoms with van der Waals surface area (Å²) in [6.07, 6.45) is 0.638. The van der Waals surface area contributed by atoms with E-state index in [-0.39, 0.29) is 0 Å². The molecule has 0 heterocycles. The molecule has 1 amide bonds. The van der Waals surface area contributed by atoms with Gasteiger partial charge in [-0.3, -0.25) is 4.79 Å². The Balaban J connectivity index is 3.80. The van der Waals surface area contributed by atoms with Gasteiger partial charge in [0.2, 0.25) is 5.91 Å². The van der Waals surface area contributed by atoms with Crippen molar-refractivity contribution in [1.82, 2.24) is 0 Å². The lowest BCUT2D eigenvalue weighted by molar-refractivity contribution is -0.126. The first-order chi connectivity index (χ1) is 4.59. The fourth-order valence-electron chi connectivity index (χ4n) is 0.532. The van der Waals surface area contributed by atoms with Gasteiger partial charge in [0.15, 0.2) is 0 Å². The summed E-state index contributed by atoms with van der Waals surface area (Å²) in [5.74, 6) is -0.797. The van der Waals surface area contributed by atoms with Crippen LogP contribution in [0.15, 0.2) is 12.7 Å². The van der Waals surface area contributed by atoms with Crippen LogP contribution in [0, 0.1) is 0 Å². The first-order valence-corrected chi connectivity index (χ1v) is 2.93. The molecule has 10 heavy (non-hydrogen) atoms. The van der Waals surface area contributed by atoms with Gasteiger partial charge in [0.25, 0.3) is 0 Å². The highest BCUT2D eigenvalue weighted by molar-refractivity contribution is 5.79. The Labute approximate surface area is 59.5 Å². The molecule has 0 rings (SSSR count). The lowest BCUT2D eigenvalue weighted by Gasteiger charge is -2.12. The summed E-state index contributed by atoms with van der Waals surface area (Å²) in [5.41, 5.74) is 10.1. The number of hydrogen-bond acceptors (Lipinski definition) is 3. The molecule has 5 N–H and O–H groups in total. The van der Waals surface area contributed by atoms with E-state index in [4.69, 9.17) is 16.6 Å². The molecule has 0 aliphatic heterocycles. The standard InChI is InChI=1S/C6H12N2O2/c1-2-3-4(7)5(9)6(8)10/h2,4-5,9H,1,3,7H2,(H2,8,10). The number of nitrogens with two attached hydrogens (primary N) is 2. The molecule has 0 spiro atoms. The molecule has 0 saturated heterocycles. The fourth-order valence-corrected chi connectivity index (χ4v) is 0.532. The molecule has 4 heteroatoms. The minimum atomic E-state index is -1.27. The molecule has 0 aromatic heterocycles. The predicted octanol–water partition coefficient (Wildman–Crippen LogP) is -1.26. The summed E-state index contributed by atoms with van der Waals surface area (Å²) in [4.78, 5) is 10.3. The van der Waals surface area contributed by atoms with Crippen LogP contribution in [0.1, 0.15) is 6.42 Å². The topological polar surface area (TPSA) is 89.3 Å². The van der Waals surface area contributed by atoms with E-state index >= 15 is 0 Å². The van der Waals surface area contributed by atoms with Gasteiger partial charge in [-0.2, -0.15) is 0 Å². The van der Waals surface area contributed by atoms with E-state index in [2.05, 4.69) is 6.58 Å². The average molecular weight is 144 g/mol. The van der Waals surface area contributed by atoms with E-state index in [9.17, 15) is 4.79 Å². The third-order valence-electron chi connectivity index (χ3n) is 1.14. The van der Waals surface area contributed by atoms with Crippen LogP contribution in [-0.4, -0.2) is 23.2 Å². The summed E-state index contributed by atoms with van der Waals surface area (Å²) in [7, 11) is 0. The van der Waals surface area contributed by atoms with E-state index in [1.165, 1.54) is 6.08 Å². The molecular formula is C6H12N2O2. The number of carbonyl (C=O) groups is 1. The normalized spacial score (nSPS) is 15.8. The van der Waals surface area contributed by atoms with Crippen molar-refractivity contribution in [2.24, 2.45) is 11.5 Å². The zero-order chi connectivity index (χ0) is 8.15. The molecule has 0 radical (unpaired) electrons. The number of amides is 1. The van der Waals surface area contributed by atoms with E-state index in [1.54, 1.807) is 0 Å². The Morgan fingerprint density at radius 1 is 1.80 bits per heavy atom. The van der Waals surface area contributed by atoms with Gasteiger partial charge < -0.3 is 16.6 Å². The van der Waals surface area contributed by atoms with Gasteiger partial charge in [0.1, 0.15) is 6.10 Å². The van der Waals surface area contributed by atoms with Crippen molar-refractivity contribution in [3.05, 3.63) is 12.7 Å². The third kappa shape index (κ3) is 2.61. The van der Waals surface area contributed by atoms with Crippen molar-refractivity contribution in [1.29, 1.82) is 0 Å². The Morgan fingerprint density at radius 2 is 2.30 bits per heavy atom. The molecule has 4 nitrogen and oxygen atoms in total. The summed E-state index contributed by atoms with van der Waals surface area (Å²) < 4.78 is 0. The predicted molar refractivity (Wildman–Crippen MR) is 38.0 cm³/mol. The molecular weight excluding hydrogens is 132 g/mol. The van der Waals surface area contributed by atoms with Gasteiger partial charge in [-0.05, 0) is 6.42 Å². The summed E-state index contributed by atoms with van der Waals surface area (Å²) >= 11 is 0. The number of aliphatic hydroxyl groups is 1. The fraction of sp³-hybridized carbons (Fsp3) is 0.500. The van der Waals surface area contributed by atoms with E-state index in [0.717, 1.165) is 0 Å². The maximum absolute atomic E-state index is 10.3. The maximum Gasteiger partial charge on any atom is 0.247 e. The molecule has 58 valence electrons. The van der Waals surface area contributed by atoms with Crippen LogP contribution in [0.5, 0.6) is 0 Å². The van der Waals surface area contributed by atoms with Gasteiger partial charge in [-0.1, -0.05) is 6.08 Å². The second-order valence-corrected chi connectivity index (χ2v) is 2.04. The van der Waals surface area contributed by atoms with Crippen molar-refractivity contribution in [3.63, 3.8) is 0 Å². The summed E-state index contributed by atoms with van der Waals surface area (Å²) in [6, 6.07) is -0.630. The minimum absolute atomic E-state index is 0.379. The zero-order valence-corrected chi connectivity index (χ0v) is 5.66. The van der Waals surface area contributed by atoms with E-state index in [0.29, 0.717) is 6.42 Å². The van der Waals surface area contributed by atoms with Gasteiger partial charge in [-0.25, -0.2) is 0 Å². The minimum Gasteiger partial charge on any atom is -0.382 e. The Kier molecular flexibility index (Phi) is 3.68. The Bertz CT molecular complexity index is 136. The smallest absolute Gasteiger partial charge is 0.247 e. The van der Waals surface area contributed by atoms with E-state index in [1.807, 2.05) is 0 Å². The van der Waals surface area contributed by atoms with Crippen LogP contribution < -0.4 is 11.5 Å². The van der Waals surface area contributed by atoms with Crippen molar-refractivity contribution >= 4 is 5.91 Å². The van der Waals surface area contributed by atoms with Gasteiger partial charge in [0.05, 0.1) is 0 Å². The van der Waals surface area contributed by atoms with Crippen molar-refractivity contribution < 1.29 is 9.90 Å². The van der Waals surface area contributed by atoms with Crippen LogP contribution in [-0.2, 0) is 4.79 Å². The monoisotopic (exact) mass is 144 g/mol. The number of aliphatic hydroxyl groups excluding tert-OH is 1. The summed E-state index contributed by atoms with van der Waals surface area (Å²) in [5, 5.41) is 8.88. The van der Waals surface area contributed by atoms with Gasteiger partial charge >= 0.3 is 0 Å². The second-order valence-electron chi connectivity index (χ2n) is 2.04. The molecule has 0 aliphatic rings. The van der Waals surface area contributed by atoms with Crippen molar-refractivity contribution in [3.8, 4) is 0 Å². The molecule has 0 aromatic rings. The van der Waals surface area contributed by atoms with Crippen LogP contribution in [0.25, 0.3) is 0 Å². The first-order valence-electron chi connectivity index (χ1n) is 2.93. The van der Waals surface area contributed by atoms with Gasteiger partial charge in [-0.15, -0.1) is 6.58 Å². The molecule has 2 unspecified atom stereocenters. The lowest BCUT2D eigenvalue weighted by Crippen LogP contribution is -2.43.